The van der Waals surface area contributed by atoms with Gasteiger partial charge in [-0.05, 0) is 24.3 Å². The molecule has 3 aromatic rings. The van der Waals surface area contributed by atoms with Crippen LogP contribution in [-0.2, 0) is 21.3 Å². The van der Waals surface area contributed by atoms with Crippen LogP contribution in [0.4, 0.5) is 0 Å². The number of pyridine rings is 1. The molecule has 2 heterocycles. The highest BCUT2D eigenvalue weighted by molar-refractivity contribution is 7.98. The highest BCUT2D eigenvalue weighted by atomic mass is 35.5. The Morgan fingerprint density at radius 1 is 1.00 bits per heavy atom. The van der Waals surface area contributed by atoms with E-state index in [4.69, 9.17) is 16.1 Å². The van der Waals surface area contributed by atoms with Gasteiger partial charge in [-0.1, -0.05) is 35.0 Å². The second-order valence-corrected chi connectivity index (χ2v) is 11.2. The van der Waals surface area contributed by atoms with Gasteiger partial charge in [-0.25, -0.2) is 8.42 Å². The van der Waals surface area contributed by atoms with Gasteiger partial charge in [-0.2, -0.15) is 23.5 Å². The molecule has 0 aliphatic rings. The summed E-state index contributed by atoms with van der Waals surface area (Å²) in [5.74, 6) is 3.44. The Kier molecular flexibility index (Phi) is 10.5. The Morgan fingerprint density at radius 2 is 1.73 bits per heavy atom. The van der Waals surface area contributed by atoms with Gasteiger partial charge in [-0.15, -0.1) is 0 Å². The van der Waals surface area contributed by atoms with Gasteiger partial charge in [0.05, 0.1) is 26.7 Å². The molecule has 11 heteroatoms. The molecule has 0 bridgehead atoms. The summed E-state index contributed by atoms with van der Waals surface area (Å²) in [4.78, 5) is 4.54. The first kappa shape index (κ1) is 25.5. The fourth-order valence-electron chi connectivity index (χ4n) is 2.68. The summed E-state index contributed by atoms with van der Waals surface area (Å²) in [7, 11) is -3.58. The quantitative estimate of drug-likeness (QED) is 0.298. The highest BCUT2D eigenvalue weighted by Gasteiger charge is 2.12. The lowest BCUT2D eigenvalue weighted by Crippen LogP contribution is -2.30. The second-order valence-electron chi connectivity index (χ2n) is 6.77. The number of hydrogen-bond donors (Lipinski definition) is 2. The van der Waals surface area contributed by atoms with E-state index >= 15 is 0 Å². The topological polar surface area (TPSA) is 97.1 Å². The molecule has 0 unspecified atom stereocenters. The molecule has 0 radical (unpaired) electrons. The minimum atomic E-state index is -3.58. The van der Waals surface area contributed by atoms with Crippen LogP contribution in [0.5, 0.6) is 0 Å². The van der Waals surface area contributed by atoms with Crippen molar-refractivity contribution in [1.82, 2.24) is 20.8 Å². The highest BCUT2D eigenvalue weighted by Crippen LogP contribution is 2.18. The van der Waals surface area contributed by atoms with E-state index in [-0.39, 0.29) is 4.90 Å². The Labute approximate surface area is 207 Å². The third-order valence-corrected chi connectivity index (χ3v) is 8.07. The Morgan fingerprint density at radius 3 is 2.39 bits per heavy atom. The van der Waals surface area contributed by atoms with Crippen molar-refractivity contribution in [3.63, 3.8) is 0 Å². The molecular weight excluding hydrogens is 500 g/mol. The van der Waals surface area contributed by atoms with E-state index in [0.29, 0.717) is 29.7 Å². The summed E-state index contributed by atoms with van der Waals surface area (Å²) in [5, 5.41) is 12.2. The molecule has 0 saturated heterocycles. The maximum Gasteiger partial charge on any atom is 0.203 e. The van der Waals surface area contributed by atoms with Crippen molar-refractivity contribution >= 4 is 45.0 Å². The fourth-order valence-corrected chi connectivity index (χ4v) is 5.66. The standard InChI is InChI=1S/C22H25ClN4O3S3/c23-20-7-4-9-24-21(20)16-32-14-11-26-22(17-33(28,29)19-5-2-1-3-6-19)25-10-13-31-15-18-8-12-30-27-18/h1-9,12,17,25-26H,10-11,13-16H2. The number of thioether (sulfide) groups is 2. The zero-order valence-electron chi connectivity index (χ0n) is 17.8. The van der Waals surface area contributed by atoms with Gasteiger partial charge in [0.25, 0.3) is 0 Å². The third kappa shape index (κ3) is 8.96. The van der Waals surface area contributed by atoms with E-state index in [9.17, 15) is 8.42 Å². The lowest BCUT2D eigenvalue weighted by atomic mass is 10.4. The van der Waals surface area contributed by atoms with Crippen molar-refractivity contribution in [3.8, 4) is 0 Å². The zero-order valence-corrected chi connectivity index (χ0v) is 21.0. The number of benzene rings is 1. The summed E-state index contributed by atoms with van der Waals surface area (Å²) in [6.45, 7) is 1.19. The lowest BCUT2D eigenvalue weighted by molar-refractivity contribution is 0.414. The molecule has 0 spiro atoms. The summed E-state index contributed by atoms with van der Waals surface area (Å²) in [6.07, 6.45) is 3.27. The summed E-state index contributed by atoms with van der Waals surface area (Å²) < 4.78 is 30.4. The van der Waals surface area contributed by atoms with Crippen molar-refractivity contribution in [2.24, 2.45) is 0 Å². The number of hydrogen-bond acceptors (Lipinski definition) is 9. The molecule has 0 amide bonds. The van der Waals surface area contributed by atoms with Gasteiger partial charge in [0, 0.05) is 48.4 Å². The van der Waals surface area contributed by atoms with Crippen LogP contribution in [0.2, 0.25) is 5.02 Å². The van der Waals surface area contributed by atoms with Gasteiger partial charge >= 0.3 is 0 Å². The van der Waals surface area contributed by atoms with E-state index < -0.39 is 9.84 Å². The van der Waals surface area contributed by atoms with E-state index in [1.165, 1.54) is 5.41 Å². The van der Waals surface area contributed by atoms with Crippen LogP contribution >= 0.6 is 35.1 Å². The van der Waals surface area contributed by atoms with Gasteiger partial charge in [0.2, 0.25) is 9.84 Å². The molecule has 3 rings (SSSR count). The maximum absolute atomic E-state index is 12.8. The predicted molar refractivity (Wildman–Crippen MR) is 136 cm³/mol. The molecule has 0 atom stereocenters. The first-order valence-electron chi connectivity index (χ1n) is 10.2. The monoisotopic (exact) mass is 524 g/mol. The molecule has 33 heavy (non-hydrogen) atoms. The van der Waals surface area contributed by atoms with Crippen molar-refractivity contribution in [2.45, 2.75) is 16.4 Å². The second kappa shape index (κ2) is 13.5. The van der Waals surface area contributed by atoms with Crippen LogP contribution in [0, 0.1) is 0 Å². The van der Waals surface area contributed by atoms with E-state index in [0.717, 1.165) is 28.6 Å². The average Bonchev–Trinajstić information content (AvgIpc) is 3.33. The zero-order chi connectivity index (χ0) is 23.4. The van der Waals surface area contributed by atoms with E-state index in [1.807, 2.05) is 12.1 Å². The Hall–Kier alpha value is -2.14. The van der Waals surface area contributed by atoms with Gasteiger partial charge in [0.1, 0.15) is 12.1 Å². The number of nitrogens with one attached hydrogen (secondary N) is 2. The van der Waals surface area contributed by atoms with E-state index in [1.54, 1.807) is 72.4 Å². The molecule has 1 aromatic carbocycles. The first-order valence-corrected chi connectivity index (χ1v) is 14.4. The van der Waals surface area contributed by atoms with Crippen molar-refractivity contribution in [1.29, 1.82) is 0 Å². The lowest BCUT2D eigenvalue weighted by Gasteiger charge is -2.14. The molecule has 7 nitrogen and oxygen atoms in total. The number of rotatable bonds is 14. The smallest absolute Gasteiger partial charge is 0.203 e. The number of halogens is 1. The number of sulfone groups is 1. The first-order chi connectivity index (χ1) is 16.0. The summed E-state index contributed by atoms with van der Waals surface area (Å²) in [6, 6.07) is 13.8. The van der Waals surface area contributed by atoms with Crippen molar-refractivity contribution in [2.75, 3.05) is 24.6 Å². The van der Waals surface area contributed by atoms with Crippen molar-refractivity contribution in [3.05, 3.63) is 88.6 Å². The molecular formula is C22H25ClN4O3S3. The Bertz CT molecular complexity index is 1110. The molecule has 0 aliphatic heterocycles. The minimum absolute atomic E-state index is 0.255. The summed E-state index contributed by atoms with van der Waals surface area (Å²) in [5.41, 5.74) is 1.72. The molecule has 2 aromatic heterocycles. The van der Waals surface area contributed by atoms with Gasteiger partial charge in [0.15, 0.2) is 0 Å². The Balaban J connectivity index is 1.52. The third-order valence-electron chi connectivity index (χ3n) is 4.28. The van der Waals surface area contributed by atoms with Gasteiger partial charge < -0.3 is 15.2 Å². The molecule has 176 valence electrons. The maximum atomic E-state index is 12.8. The number of nitrogens with zero attached hydrogens (tertiary/aromatic N) is 2. The van der Waals surface area contributed by atoms with Crippen molar-refractivity contribution < 1.29 is 12.9 Å². The van der Waals surface area contributed by atoms with Crippen LogP contribution in [0.3, 0.4) is 0 Å². The van der Waals surface area contributed by atoms with Gasteiger partial charge in [-0.3, -0.25) is 4.98 Å². The molecule has 0 saturated carbocycles. The van der Waals surface area contributed by atoms with Crippen LogP contribution < -0.4 is 10.6 Å². The summed E-state index contributed by atoms with van der Waals surface area (Å²) >= 11 is 9.50. The normalized spacial score (nSPS) is 12.0. The number of aromatic nitrogens is 2. The van der Waals surface area contributed by atoms with Crippen LogP contribution in [0.25, 0.3) is 0 Å². The largest absolute Gasteiger partial charge is 0.370 e. The minimum Gasteiger partial charge on any atom is -0.370 e. The van der Waals surface area contributed by atoms with E-state index in [2.05, 4.69) is 20.8 Å². The average molecular weight is 525 g/mol. The SMILES string of the molecule is O=S(=O)(C=C(NCCSCc1ccon1)NCCSCc1ncccc1Cl)c1ccccc1. The predicted octanol–water partition coefficient (Wildman–Crippen LogP) is 4.34. The van der Waals surface area contributed by atoms with Crippen LogP contribution in [-0.4, -0.2) is 43.2 Å². The molecule has 0 aliphatic carbocycles. The molecule has 2 N–H and O–H groups in total. The van der Waals surface area contributed by atoms with Crippen LogP contribution in [0.15, 0.2) is 81.6 Å². The molecule has 0 fully saturated rings. The van der Waals surface area contributed by atoms with Crippen LogP contribution in [0.1, 0.15) is 11.4 Å². The fraction of sp³-hybridized carbons (Fsp3) is 0.273.